The fourth-order valence-corrected chi connectivity index (χ4v) is 3.87. The van der Waals surface area contributed by atoms with E-state index in [1.165, 1.54) is 11.3 Å². The molecule has 7 heteroatoms. The second-order valence-electron chi connectivity index (χ2n) is 5.40. The van der Waals surface area contributed by atoms with Crippen LogP contribution >= 0.6 is 24.0 Å². The Morgan fingerprint density at radius 3 is 2.64 bits per heavy atom. The summed E-state index contributed by atoms with van der Waals surface area (Å²) in [4.78, 5) is 16.8. The van der Waals surface area contributed by atoms with Crippen molar-refractivity contribution in [3.63, 3.8) is 0 Å². The molecule has 1 N–H and O–H groups in total. The molecule has 0 amide bonds. The molecule has 126 valence electrons. The van der Waals surface area contributed by atoms with Gasteiger partial charge in [-0.3, -0.25) is 4.79 Å². The number of aromatic nitrogens is 1. The molecule has 0 aliphatic carbocycles. The molecule has 0 spiro atoms. The summed E-state index contributed by atoms with van der Waals surface area (Å²) in [6.45, 7) is 0.199. The number of aliphatic carboxylic acids is 1. The van der Waals surface area contributed by atoms with E-state index in [1.807, 2.05) is 48.5 Å². The number of hydrogen-bond acceptors (Lipinski definition) is 6. The number of ether oxygens (including phenoxy) is 2. The zero-order valence-electron chi connectivity index (χ0n) is 12.9. The Balaban J connectivity index is 1.86. The van der Waals surface area contributed by atoms with Gasteiger partial charge >= 0.3 is 5.97 Å². The highest BCUT2D eigenvalue weighted by molar-refractivity contribution is 7.81. The molecule has 0 fully saturated rings. The highest BCUT2D eigenvalue weighted by atomic mass is 32.1. The molecule has 2 heterocycles. The average Bonchev–Trinajstić information content (AvgIpc) is 3.28. The topological polar surface area (TPSA) is 68.7 Å². The maximum Gasteiger partial charge on any atom is 0.323 e. The molecule has 5 nitrogen and oxygen atoms in total. The van der Waals surface area contributed by atoms with Crippen molar-refractivity contribution in [3.8, 4) is 33.2 Å². The first-order valence-corrected chi connectivity index (χ1v) is 8.84. The van der Waals surface area contributed by atoms with E-state index < -0.39 is 11.2 Å². The lowest BCUT2D eigenvalue weighted by Crippen LogP contribution is -2.04. The molecule has 3 aromatic rings. The quantitative estimate of drug-likeness (QED) is 0.671. The lowest BCUT2D eigenvalue weighted by atomic mass is 10.1. The maximum absolute atomic E-state index is 11.3. The second kappa shape index (κ2) is 6.42. The summed E-state index contributed by atoms with van der Waals surface area (Å²) in [5.74, 6) is 0.332. The van der Waals surface area contributed by atoms with Crippen LogP contribution in [0.25, 0.3) is 21.7 Å². The molecule has 25 heavy (non-hydrogen) atoms. The first-order chi connectivity index (χ1) is 12.1. The summed E-state index contributed by atoms with van der Waals surface area (Å²) in [7, 11) is 0. The number of nitrogens with zero attached hydrogens (tertiary/aromatic N) is 1. The summed E-state index contributed by atoms with van der Waals surface area (Å²) in [5, 5.41) is 8.74. The van der Waals surface area contributed by atoms with Gasteiger partial charge in [-0.2, -0.15) is 12.6 Å². The zero-order valence-corrected chi connectivity index (χ0v) is 14.6. The van der Waals surface area contributed by atoms with Gasteiger partial charge in [0.05, 0.1) is 10.6 Å². The Morgan fingerprint density at radius 1 is 1.12 bits per heavy atom. The molecule has 0 radical (unpaired) electrons. The highest BCUT2D eigenvalue weighted by Crippen LogP contribution is 2.43. The Kier molecular flexibility index (Phi) is 4.10. The number of thiazole rings is 1. The lowest BCUT2D eigenvalue weighted by Gasteiger charge is -2.04. The van der Waals surface area contributed by atoms with Gasteiger partial charge in [0.1, 0.15) is 5.01 Å². The number of benzene rings is 2. The van der Waals surface area contributed by atoms with Crippen molar-refractivity contribution in [1.29, 1.82) is 0 Å². The minimum absolute atomic E-state index is 0.199. The van der Waals surface area contributed by atoms with Gasteiger partial charge in [0.25, 0.3) is 0 Å². The third kappa shape index (κ3) is 2.96. The van der Waals surface area contributed by atoms with Crippen molar-refractivity contribution in [1.82, 2.24) is 4.98 Å². The van der Waals surface area contributed by atoms with Crippen LogP contribution in [0.1, 0.15) is 10.3 Å². The van der Waals surface area contributed by atoms with Crippen molar-refractivity contribution in [2.75, 3.05) is 6.79 Å². The predicted octanol–water partition coefficient (Wildman–Crippen LogP) is 4.26. The fraction of sp³-hybridized carbons (Fsp3) is 0.111. The van der Waals surface area contributed by atoms with Crippen molar-refractivity contribution < 1.29 is 19.4 Å². The van der Waals surface area contributed by atoms with Gasteiger partial charge in [-0.15, -0.1) is 11.3 Å². The molecule has 1 atom stereocenters. The van der Waals surface area contributed by atoms with Crippen LogP contribution in [0.3, 0.4) is 0 Å². The van der Waals surface area contributed by atoms with E-state index in [1.54, 1.807) is 0 Å². The van der Waals surface area contributed by atoms with Crippen molar-refractivity contribution in [2.24, 2.45) is 0 Å². The van der Waals surface area contributed by atoms with Gasteiger partial charge in [0.15, 0.2) is 16.7 Å². The molecule has 2 aromatic carbocycles. The van der Waals surface area contributed by atoms with Crippen LogP contribution in [0.15, 0.2) is 48.5 Å². The Hall–Kier alpha value is -2.51. The van der Waals surface area contributed by atoms with E-state index in [9.17, 15) is 9.90 Å². The molecule has 1 aliphatic heterocycles. The number of fused-ring (bicyclic) bond motifs is 1. The van der Waals surface area contributed by atoms with Gasteiger partial charge in [-0.25, -0.2) is 4.98 Å². The molecule has 0 saturated carbocycles. The first-order valence-electron chi connectivity index (χ1n) is 7.50. The molecule has 0 saturated heterocycles. The molecule has 1 aromatic heterocycles. The molecule has 0 bridgehead atoms. The largest absolute Gasteiger partial charge is 0.480 e. The number of carbonyl (C=O) groups is 1. The van der Waals surface area contributed by atoms with Gasteiger partial charge in [0.2, 0.25) is 6.79 Å². The Morgan fingerprint density at radius 2 is 1.88 bits per heavy atom. The van der Waals surface area contributed by atoms with E-state index >= 15 is 0 Å². The summed E-state index contributed by atoms with van der Waals surface area (Å²) < 4.78 is 10.8. The van der Waals surface area contributed by atoms with Crippen LogP contribution in [0, 0.1) is 0 Å². The zero-order chi connectivity index (χ0) is 17.4. The van der Waals surface area contributed by atoms with Crippen LogP contribution in [-0.2, 0) is 4.79 Å². The van der Waals surface area contributed by atoms with Gasteiger partial charge in [0, 0.05) is 5.56 Å². The molecule has 1 unspecified atom stereocenters. The summed E-state index contributed by atoms with van der Waals surface area (Å²) >= 11 is 5.51. The summed E-state index contributed by atoms with van der Waals surface area (Å²) in [6.07, 6.45) is 0. The fourth-order valence-electron chi connectivity index (χ4n) is 2.58. The minimum Gasteiger partial charge on any atom is -0.480 e. The van der Waals surface area contributed by atoms with Crippen molar-refractivity contribution >= 4 is 29.9 Å². The van der Waals surface area contributed by atoms with Crippen LogP contribution in [0.2, 0.25) is 0 Å². The summed E-state index contributed by atoms with van der Waals surface area (Å²) in [5.41, 5.74) is 2.53. The van der Waals surface area contributed by atoms with E-state index in [4.69, 9.17) is 9.47 Å². The van der Waals surface area contributed by atoms with Crippen molar-refractivity contribution in [3.05, 3.63) is 53.5 Å². The maximum atomic E-state index is 11.3. The van der Waals surface area contributed by atoms with Gasteiger partial charge < -0.3 is 14.6 Å². The Labute approximate surface area is 153 Å². The first kappa shape index (κ1) is 16.0. The molecule has 4 rings (SSSR count). The van der Waals surface area contributed by atoms with E-state index in [-0.39, 0.29) is 6.79 Å². The molecular weight excluding hydrogens is 358 g/mol. The van der Waals surface area contributed by atoms with Crippen molar-refractivity contribution in [2.45, 2.75) is 5.25 Å². The third-order valence-corrected chi connectivity index (χ3v) is 5.60. The smallest absolute Gasteiger partial charge is 0.323 e. The van der Waals surface area contributed by atoms with Crippen LogP contribution in [0.5, 0.6) is 11.5 Å². The van der Waals surface area contributed by atoms with Crippen LogP contribution < -0.4 is 9.47 Å². The van der Waals surface area contributed by atoms with Crippen LogP contribution in [0.4, 0.5) is 0 Å². The van der Waals surface area contributed by atoms with Gasteiger partial charge in [-0.05, 0) is 23.8 Å². The van der Waals surface area contributed by atoms with E-state index in [0.29, 0.717) is 22.2 Å². The van der Waals surface area contributed by atoms with Gasteiger partial charge in [-0.1, -0.05) is 30.3 Å². The standard InChI is InChI=1S/C18H13NO4S2/c20-18(21)15(24)17-19-14(16(25-17)10-4-2-1-3-5-10)11-6-7-12-13(8-11)23-9-22-12/h1-8,15,24H,9H2,(H,20,21). The average molecular weight is 371 g/mol. The van der Waals surface area contributed by atoms with Crippen LogP contribution in [-0.4, -0.2) is 22.9 Å². The predicted molar refractivity (Wildman–Crippen MR) is 98.5 cm³/mol. The third-order valence-electron chi connectivity index (χ3n) is 3.79. The molecule has 1 aliphatic rings. The number of rotatable bonds is 4. The van der Waals surface area contributed by atoms with E-state index in [2.05, 4.69) is 17.6 Å². The number of thiol groups is 1. The highest BCUT2D eigenvalue weighted by Gasteiger charge is 2.24. The number of hydrogen-bond donors (Lipinski definition) is 2. The minimum atomic E-state index is -1.02. The molecular formula is C18H13NO4S2. The second-order valence-corrected chi connectivity index (χ2v) is 6.95. The normalized spacial score (nSPS) is 13.6. The monoisotopic (exact) mass is 371 g/mol. The number of carboxylic acid groups (broad SMARTS) is 1. The SMILES string of the molecule is O=C(O)C(S)c1nc(-c2ccc3c(c2)OCO3)c(-c2ccccc2)s1. The Bertz CT molecular complexity index is 940. The lowest BCUT2D eigenvalue weighted by molar-refractivity contribution is -0.136. The number of carboxylic acids is 1. The summed E-state index contributed by atoms with van der Waals surface area (Å²) in [6, 6.07) is 15.4. The van der Waals surface area contributed by atoms with E-state index in [0.717, 1.165) is 16.0 Å².